The molecule has 0 amide bonds. The molecule has 1 rings (SSSR count). The van der Waals surface area contributed by atoms with Crippen molar-refractivity contribution < 1.29 is 4.74 Å². The van der Waals surface area contributed by atoms with Crippen molar-refractivity contribution in [2.24, 2.45) is 0 Å². The highest BCUT2D eigenvalue weighted by Gasteiger charge is 2.06. The summed E-state index contributed by atoms with van der Waals surface area (Å²) in [7, 11) is 0. The highest BCUT2D eigenvalue weighted by molar-refractivity contribution is 5.10. The minimum absolute atomic E-state index is 0.267. The Labute approximate surface area is 104 Å². The summed E-state index contributed by atoms with van der Waals surface area (Å²) in [6.45, 7) is 11.8. The van der Waals surface area contributed by atoms with Gasteiger partial charge in [0.25, 0.3) is 0 Å². The first-order chi connectivity index (χ1) is 8.21. The summed E-state index contributed by atoms with van der Waals surface area (Å²) in [5.41, 5.74) is 2.43. The first-order valence-corrected chi connectivity index (χ1v) is 6.59. The summed E-state index contributed by atoms with van der Waals surface area (Å²) in [5, 5.41) is 7.94. The van der Waals surface area contributed by atoms with E-state index in [0.29, 0.717) is 0 Å². The van der Waals surface area contributed by atoms with E-state index in [0.717, 1.165) is 32.7 Å². The Bertz CT molecular complexity index is 322. The van der Waals surface area contributed by atoms with Crippen LogP contribution in [0.2, 0.25) is 0 Å². The summed E-state index contributed by atoms with van der Waals surface area (Å²) in [6.07, 6.45) is 1.26. The first kappa shape index (κ1) is 14.2. The number of aromatic nitrogens is 2. The van der Waals surface area contributed by atoms with Crippen LogP contribution < -0.4 is 5.32 Å². The Kier molecular flexibility index (Phi) is 6.22. The van der Waals surface area contributed by atoms with Crippen LogP contribution in [0.1, 0.15) is 39.1 Å². The predicted molar refractivity (Wildman–Crippen MR) is 70.1 cm³/mol. The Morgan fingerprint density at radius 3 is 2.76 bits per heavy atom. The Morgan fingerprint density at radius 2 is 2.18 bits per heavy atom. The second-order valence-electron chi connectivity index (χ2n) is 4.19. The summed E-state index contributed by atoms with van der Waals surface area (Å²) in [6, 6.07) is 2.18. The van der Waals surface area contributed by atoms with Gasteiger partial charge in [-0.15, -0.1) is 0 Å². The van der Waals surface area contributed by atoms with Gasteiger partial charge in [-0.2, -0.15) is 5.10 Å². The molecule has 0 fully saturated rings. The van der Waals surface area contributed by atoms with Crippen LogP contribution in [0.5, 0.6) is 0 Å². The van der Waals surface area contributed by atoms with Gasteiger partial charge in [0.2, 0.25) is 0 Å². The highest BCUT2D eigenvalue weighted by Crippen LogP contribution is 2.05. The molecule has 17 heavy (non-hydrogen) atoms. The zero-order chi connectivity index (χ0) is 12.7. The minimum atomic E-state index is 0.267. The lowest BCUT2D eigenvalue weighted by atomic mass is 10.3. The fraction of sp³-hybridized carbons (Fsp3) is 0.769. The molecule has 1 atom stereocenters. The molecule has 0 aliphatic carbocycles. The van der Waals surface area contributed by atoms with Crippen molar-refractivity contribution >= 4 is 0 Å². The largest absolute Gasteiger partial charge is 0.377 e. The van der Waals surface area contributed by atoms with Crippen LogP contribution >= 0.6 is 0 Å². The van der Waals surface area contributed by atoms with E-state index in [2.05, 4.69) is 41.9 Å². The molecule has 0 saturated heterocycles. The van der Waals surface area contributed by atoms with Gasteiger partial charge in [-0.3, -0.25) is 4.68 Å². The van der Waals surface area contributed by atoms with Crippen LogP contribution in [0.25, 0.3) is 0 Å². The maximum atomic E-state index is 5.48. The van der Waals surface area contributed by atoms with Gasteiger partial charge in [-0.1, -0.05) is 6.92 Å². The first-order valence-electron chi connectivity index (χ1n) is 6.59. The van der Waals surface area contributed by atoms with Crippen molar-refractivity contribution in [3.63, 3.8) is 0 Å². The van der Waals surface area contributed by atoms with Gasteiger partial charge in [0, 0.05) is 26.2 Å². The van der Waals surface area contributed by atoms with Crippen LogP contribution in [-0.2, 0) is 24.2 Å². The van der Waals surface area contributed by atoms with E-state index in [4.69, 9.17) is 4.74 Å². The average molecular weight is 239 g/mol. The number of ether oxygens (including phenoxy) is 1. The lowest BCUT2D eigenvalue weighted by molar-refractivity contribution is 0.0758. The molecular formula is C13H25N3O. The van der Waals surface area contributed by atoms with E-state index in [1.165, 1.54) is 11.4 Å². The molecule has 0 aromatic carbocycles. The Morgan fingerprint density at radius 1 is 1.41 bits per heavy atom. The van der Waals surface area contributed by atoms with Crippen LogP contribution in [-0.4, -0.2) is 29.0 Å². The van der Waals surface area contributed by atoms with Crippen molar-refractivity contribution in [3.8, 4) is 0 Å². The molecule has 1 N–H and O–H groups in total. The smallest absolute Gasteiger partial charge is 0.0671 e. The molecule has 4 heteroatoms. The average Bonchev–Trinajstić information content (AvgIpc) is 2.72. The van der Waals surface area contributed by atoms with Crippen molar-refractivity contribution in [1.82, 2.24) is 15.1 Å². The third-order valence-corrected chi connectivity index (χ3v) is 2.76. The highest BCUT2D eigenvalue weighted by atomic mass is 16.5. The molecule has 0 spiro atoms. The molecular weight excluding hydrogens is 214 g/mol. The van der Waals surface area contributed by atoms with E-state index in [1.807, 2.05) is 6.92 Å². The van der Waals surface area contributed by atoms with Gasteiger partial charge in [0.1, 0.15) is 0 Å². The zero-order valence-corrected chi connectivity index (χ0v) is 11.5. The van der Waals surface area contributed by atoms with E-state index in [9.17, 15) is 0 Å². The number of hydrogen-bond donors (Lipinski definition) is 1. The molecule has 1 heterocycles. The van der Waals surface area contributed by atoms with Crippen molar-refractivity contribution in [2.45, 2.75) is 53.3 Å². The topological polar surface area (TPSA) is 39.1 Å². The number of aryl methyl sites for hydroxylation is 2. The number of rotatable bonds is 8. The van der Waals surface area contributed by atoms with Crippen LogP contribution in [0.3, 0.4) is 0 Å². The third-order valence-electron chi connectivity index (χ3n) is 2.76. The summed E-state index contributed by atoms with van der Waals surface area (Å²) < 4.78 is 7.54. The molecule has 98 valence electrons. The lowest BCUT2D eigenvalue weighted by Crippen LogP contribution is -2.27. The van der Waals surface area contributed by atoms with Crippen LogP contribution in [0.4, 0.5) is 0 Å². The molecule has 0 saturated carbocycles. The number of hydrogen-bond acceptors (Lipinski definition) is 3. The molecule has 0 aliphatic rings. The van der Waals surface area contributed by atoms with Gasteiger partial charge in [0.05, 0.1) is 17.5 Å². The number of nitrogens with one attached hydrogen (secondary N) is 1. The lowest BCUT2D eigenvalue weighted by Gasteiger charge is -2.12. The van der Waals surface area contributed by atoms with Crippen LogP contribution in [0.15, 0.2) is 6.07 Å². The van der Waals surface area contributed by atoms with E-state index in [1.54, 1.807) is 0 Å². The van der Waals surface area contributed by atoms with E-state index in [-0.39, 0.29) is 6.10 Å². The van der Waals surface area contributed by atoms with Crippen molar-refractivity contribution in [2.75, 3.05) is 13.2 Å². The predicted octanol–water partition coefficient (Wildman–Crippen LogP) is 1.98. The maximum Gasteiger partial charge on any atom is 0.0671 e. The summed E-state index contributed by atoms with van der Waals surface area (Å²) >= 11 is 0. The quantitative estimate of drug-likeness (QED) is 0.754. The summed E-state index contributed by atoms with van der Waals surface area (Å²) in [5.74, 6) is 0. The molecule has 0 aliphatic heterocycles. The van der Waals surface area contributed by atoms with Gasteiger partial charge in [-0.25, -0.2) is 0 Å². The summed E-state index contributed by atoms with van der Waals surface area (Å²) in [4.78, 5) is 0. The van der Waals surface area contributed by atoms with E-state index >= 15 is 0 Å². The molecule has 0 radical (unpaired) electrons. The molecule has 1 aromatic rings. The van der Waals surface area contributed by atoms with Gasteiger partial charge < -0.3 is 10.1 Å². The minimum Gasteiger partial charge on any atom is -0.377 e. The second kappa shape index (κ2) is 7.45. The van der Waals surface area contributed by atoms with Crippen LogP contribution in [0, 0.1) is 0 Å². The number of nitrogens with zero attached hydrogens (tertiary/aromatic N) is 2. The Balaban J connectivity index is 2.42. The van der Waals surface area contributed by atoms with Gasteiger partial charge >= 0.3 is 0 Å². The van der Waals surface area contributed by atoms with Gasteiger partial charge in [-0.05, 0) is 33.3 Å². The molecule has 0 bridgehead atoms. The maximum absolute atomic E-state index is 5.48. The van der Waals surface area contributed by atoms with Crippen molar-refractivity contribution in [3.05, 3.63) is 17.5 Å². The fourth-order valence-electron chi connectivity index (χ4n) is 1.85. The third kappa shape index (κ3) is 4.48. The van der Waals surface area contributed by atoms with Crippen molar-refractivity contribution in [1.29, 1.82) is 0 Å². The second-order valence-corrected chi connectivity index (χ2v) is 4.19. The normalized spacial score (nSPS) is 12.9. The van der Waals surface area contributed by atoms with Gasteiger partial charge in [0.15, 0.2) is 0 Å². The fourth-order valence-corrected chi connectivity index (χ4v) is 1.85. The molecule has 1 unspecified atom stereocenters. The monoisotopic (exact) mass is 239 g/mol. The molecule has 1 aromatic heterocycles. The molecule has 4 nitrogen and oxygen atoms in total. The SMILES string of the molecule is CCOC(C)CNCc1cc(CC)nn1CC. The zero-order valence-electron chi connectivity index (χ0n) is 11.5. The Hall–Kier alpha value is -0.870. The standard InChI is InChI=1S/C13H25N3O/c1-5-12-8-13(16(6-2)15-12)10-14-9-11(4)17-7-3/h8,11,14H,5-7,9-10H2,1-4H3. The van der Waals surface area contributed by atoms with E-state index < -0.39 is 0 Å².